The zero-order chi connectivity index (χ0) is 31.4. The Kier molecular flexibility index (Phi) is 8.60. The lowest BCUT2D eigenvalue weighted by Crippen LogP contribution is -2.32. The van der Waals surface area contributed by atoms with Crippen molar-refractivity contribution >= 4 is 46.5 Å². The highest BCUT2D eigenvalue weighted by atomic mass is 35.5. The lowest BCUT2D eigenvalue weighted by molar-refractivity contribution is 0.0697. The molecule has 1 heterocycles. The van der Waals surface area contributed by atoms with Crippen molar-refractivity contribution in [3.8, 4) is 17.0 Å². The molecule has 1 aliphatic carbocycles. The zero-order valence-corrected chi connectivity index (χ0v) is 25.6. The Hall–Kier alpha value is -5.04. The fourth-order valence-electron chi connectivity index (χ4n) is 5.15. The second-order valence-corrected chi connectivity index (χ2v) is 11.6. The molecular formula is C37H29Cl2N3O3. The number of nitrogens with two attached hydrogens (primary N) is 1. The van der Waals surface area contributed by atoms with Gasteiger partial charge in [-0.05, 0) is 89.5 Å². The average Bonchev–Trinajstić information content (AvgIpc) is 3.44. The largest absolute Gasteiger partial charge is 0.479 e. The molecule has 224 valence electrons. The minimum atomic E-state index is -0.969. The van der Waals surface area contributed by atoms with E-state index < -0.39 is 11.6 Å². The molecule has 6 rings (SSSR count). The third-order valence-corrected chi connectivity index (χ3v) is 8.11. The smallest absolute Gasteiger partial charge is 0.335 e. The second-order valence-electron chi connectivity index (χ2n) is 10.8. The molecule has 3 N–H and O–H groups in total. The van der Waals surface area contributed by atoms with E-state index in [1.54, 1.807) is 36.4 Å². The summed E-state index contributed by atoms with van der Waals surface area (Å²) in [5.41, 5.74) is 10.6. The number of imidazole rings is 1. The van der Waals surface area contributed by atoms with Gasteiger partial charge in [0, 0.05) is 35.4 Å². The normalized spacial score (nSPS) is 16.1. The monoisotopic (exact) mass is 633 g/mol. The van der Waals surface area contributed by atoms with E-state index in [4.69, 9.17) is 38.7 Å². The van der Waals surface area contributed by atoms with Crippen LogP contribution in [0.2, 0.25) is 10.0 Å². The Morgan fingerprint density at radius 1 is 1.00 bits per heavy atom. The van der Waals surface area contributed by atoms with Gasteiger partial charge in [0.15, 0.2) is 0 Å². The van der Waals surface area contributed by atoms with Crippen molar-refractivity contribution in [2.45, 2.75) is 18.6 Å². The van der Waals surface area contributed by atoms with Crippen LogP contribution < -0.4 is 10.5 Å². The molecule has 0 fully saturated rings. The highest BCUT2D eigenvalue weighted by Gasteiger charge is 2.28. The highest BCUT2D eigenvalue weighted by Crippen LogP contribution is 2.34. The van der Waals surface area contributed by atoms with Gasteiger partial charge in [-0.2, -0.15) is 0 Å². The Morgan fingerprint density at radius 2 is 1.76 bits per heavy atom. The summed E-state index contributed by atoms with van der Waals surface area (Å²) in [7, 11) is 0. The van der Waals surface area contributed by atoms with Crippen molar-refractivity contribution in [1.82, 2.24) is 9.55 Å². The lowest BCUT2D eigenvalue weighted by atomic mass is 9.88. The van der Waals surface area contributed by atoms with Gasteiger partial charge in [-0.15, -0.1) is 0 Å². The molecule has 0 spiro atoms. The maximum absolute atomic E-state index is 11.4. The van der Waals surface area contributed by atoms with Gasteiger partial charge in [0.2, 0.25) is 0 Å². The van der Waals surface area contributed by atoms with Crippen LogP contribution in [-0.2, 0) is 6.54 Å². The van der Waals surface area contributed by atoms with Crippen LogP contribution in [0.15, 0.2) is 128 Å². The lowest BCUT2D eigenvalue weighted by Gasteiger charge is -2.30. The van der Waals surface area contributed by atoms with Crippen molar-refractivity contribution < 1.29 is 14.6 Å². The summed E-state index contributed by atoms with van der Waals surface area (Å²) in [4.78, 5) is 16.3. The maximum atomic E-state index is 11.4. The number of carboxylic acid groups (broad SMARTS) is 1. The number of aromatic nitrogens is 2. The van der Waals surface area contributed by atoms with E-state index >= 15 is 0 Å². The van der Waals surface area contributed by atoms with Crippen molar-refractivity contribution in [3.05, 3.63) is 160 Å². The minimum Gasteiger partial charge on any atom is -0.479 e. The van der Waals surface area contributed by atoms with Crippen LogP contribution >= 0.6 is 23.2 Å². The SMILES string of the molecule is Nc1ccc(OC2(/C=C/c3nc(-c4ccc(Cl)cc4Cl)cn3Cc3ccc(C(=O)O)cc3)C=CC(c3ccccc3)=CC2)cc1. The molecule has 4 aromatic carbocycles. The zero-order valence-electron chi connectivity index (χ0n) is 24.1. The number of ether oxygens (including phenoxy) is 1. The molecule has 6 nitrogen and oxygen atoms in total. The van der Waals surface area contributed by atoms with Crippen LogP contribution in [0.25, 0.3) is 22.9 Å². The minimum absolute atomic E-state index is 0.229. The Balaban J connectivity index is 1.38. The molecule has 1 aliphatic rings. The van der Waals surface area contributed by atoms with Crippen LogP contribution in [0.4, 0.5) is 5.69 Å². The molecule has 0 saturated carbocycles. The van der Waals surface area contributed by atoms with Crippen molar-refractivity contribution in [1.29, 1.82) is 0 Å². The Morgan fingerprint density at radius 3 is 2.42 bits per heavy atom. The number of rotatable bonds is 9. The first kappa shape index (κ1) is 30.0. The summed E-state index contributed by atoms with van der Waals surface area (Å²) in [5.74, 6) is 0.388. The van der Waals surface area contributed by atoms with Gasteiger partial charge in [0.1, 0.15) is 17.2 Å². The van der Waals surface area contributed by atoms with Crippen LogP contribution in [0.1, 0.15) is 33.7 Å². The molecule has 1 aromatic heterocycles. The van der Waals surface area contributed by atoms with Crippen molar-refractivity contribution in [2.24, 2.45) is 0 Å². The molecule has 0 amide bonds. The molecular weight excluding hydrogens is 605 g/mol. The van der Waals surface area contributed by atoms with Gasteiger partial charge in [0.05, 0.1) is 16.3 Å². The average molecular weight is 635 g/mol. The Labute approximate surface area is 271 Å². The molecule has 0 radical (unpaired) electrons. The number of nitrogen functional groups attached to an aromatic ring is 1. The van der Waals surface area contributed by atoms with E-state index in [0.717, 1.165) is 22.3 Å². The van der Waals surface area contributed by atoms with E-state index in [2.05, 4.69) is 30.4 Å². The highest BCUT2D eigenvalue weighted by molar-refractivity contribution is 6.36. The summed E-state index contributed by atoms with van der Waals surface area (Å²) in [5, 5.41) is 10.4. The number of halogens is 2. The summed E-state index contributed by atoms with van der Waals surface area (Å²) >= 11 is 12.7. The number of aromatic carboxylic acids is 1. The van der Waals surface area contributed by atoms with Gasteiger partial charge in [-0.1, -0.05) is 77.8 Å². The summed E-state index contributed by atoms with van der Waals surface area (Å²) in [6.07, 6.45) is 12.8. The van der Waals surface area contributed by atoms with Crippen LogP contribution in [0, 0.1) is 0 Å². The maximum Gasteiger partial charge on any atom is 0.335 e. The first-order chi connectivity index (χ1) is 21.8. The summed E-state index contributed by atoms with van der Waals surface area (Å²) in [6, 6.07) is 29.7. The first-order valence-corrected chi connectivity index (χ1v) is 15.1. The summed E-state index contributed by atoms with van der Waals surface area (Å²) < 4.78 is 8.62. The number of nitrogens with zero attached hydrogens (tertiary/aromatic N) is 2. The number of carboxylic acids is 1. The predicted molar refractivity (Wildman–Crippen MR) is 182 cm³/mol. The summed E-state index contributed by atoms with van der Waals surface area (Å²) in [6.45, 7) is 0.456. The standard InChI is InChI=1S/C37H29Cl2N3O3/c38-29-10-15-32(33(39)22-29)34-24-42(23-25-6-8-28(9-7-25)36(43)44)35(41-34)18-21-37(45-31-13-11-30(40)12-14-31)19-16-27(17-20-37)26-4-2-1-3-5-26/h1-19,21-22,24H,20,23,40H2,(H,43,44)/b21-18+. The topological polar surface area (TPSA) is 90.4 Å². The van der Waals surface area contributed by atoms with E-state index in [-0.39, 0.29) is 5.56 Å². The van der Waals surface area contributed by atoms with Gasteiger partial charge >= 0.3 is 5.97 Å². The molecule has 0 aliphatic heterocycles. The van der Waals surface area contributed by atoms with Gasteiger partial charge in [0.25, 0.3) is 0 Å². The number of allylic oxidation sites excluding steroid dienone is 2. The molecule has 45 heavy (non-hydrogen) atoms. The molecule has 0 bridgehead atoms. The van der Waals surface area contributed by atoms with E-state index in [1.807, 2.05) is 71.4 Å². The van der Waals surface area contributed by atoms with Gasteiger partial charge in [-0.3, -0.25) is 0 Å². The molecule has 1 atom stereocenters. The van der Waals surface area contributed by atoms with E-state index in [0.29, 0.717) is 46.0 Å². The number of carbonyl (C=O) groups is 1. The third kappa shape index (κ3) is 7.04. The van der Waals surface area contributed by atoms with Gasteiger partial charge in [-0.25, -0.2) is 9.78 Å². The van der Waals surface area contributed by atoms with E-state index in [1.165, 1.54) is 0 Å². The van der Waals surface area contributed by atoms with Crippen molar-refractivity contribution in [3.63, 3.8) is 0 Å². The Bertz CT molecular complexity index is 1930. The van der Waals surface area contributed by atoms with Crippen LogP contribution in [0.5, 0.6) is 5.75 Å². The number of hydrogen-bond acceptors (Lipinski definition) is 4. The van der Waals surface area contributed by atoms with Crippen LogP contribution in [0.3, 0.4) is 0 Å². The molecule has 8 heteroatoms. The molecule has 1 unspecified atom stereocenters. The third-order valence-electron chi connectivity index (χ3n) is 7.56. The first-order valence-electron chi connectivity index (χ1n) is 14.3. The quantitative estimate of drug-likeness (QED) is 0.158. The van der Waals surface area contributed by atoms with Crippen LogP contribution in [-0.4, -0.2) is 26.2 Å². The molecule has 0 saturated heterocycles. The van der Waals surface area contributed by atoms with Gasteiger partial charge < -0.3 is 20.1 Å². The number of anilines is 1. The van der Waals surface area contributed by atoms with E-state index in [9.17, 15) is 9.90 Å². The van der Waals surface area contributed by atoms with Crippen molar-refractivity contribution in [2.75, 3.05) is 5.73 Å². The number of benzene rings is 4. The fraction of sp³-hybridized carbons (Fsp3) is 0.0811. The second kappa shape index (κ2) is 12.9. The number of hydrogen-bond donors (Lipinski definition) is 2. The predicted octanol–water partition coefficient (Wildman–Crippen LogP) is 9.06. The fourth-order valence-corrected chi connectivity index (χ4v) is 5.66. The molecule has 5 aromatic rings.